The molecule has 0 saturated heterocycles. The van der Waals surface area contributed by atoms with Gasteiger partial charge in [-0.05, 0) is 29.7 Å². The second-order valence-electron chi connectivity index (χ2n) is 5.70. The van der Waals surface area contributed by atoms with Gasteiger partial charge in [0.2, 0.25) is 5.89 Å². The minimum absolute atomic E-state index is 0.0232. The summed E-state index contributed by atoms with van der Waals surface area (Å²) in [5, 5.41) is 13.1. The van der Waals surface area contributed by atoms with E-state index < -0.39 is 0 Å². The van der Waals surface area contributed by atoms with Gasteiger partial charge in [-0.2, -0.15) is 10.2 Å². The van der Waals surface area contributed by atoms with E-state index in [1.165, 1.54) is 0 Å². The van der Waals surface area contributed by atoms with Gasteiger partial charge in [0.1, 0.15) is 0 Å². The number of hydrogen-bond donors (Lipinski definition) is 0. The second-order valence-corrected chi connectivity index (χ2v) is 7.66. The lowest BCUT2D eigenvalue weighted by Crippen LogP contribution is -1.91. The van der Waals surface area contributed by atoms with Gasteiger partial charge in [-0.15, -0.1) is 11.8 Å². The molecule has 1 fully saturated rings. The van der Waals surface area contributed by atoms with Crippen molar-refractivity contribution in [2.45, 2.75) is 30.4 Å². The summed E-state index contributed by atoms with van der Waals surface area (Å²) in [7, 11) is 0. The van der Waals surface area contributed by atoms with E-state index in [0.717, 1.165) is 9.37 Å². The summed E-state index contributed by atoms with van der Waals surface area (Å²) < 4.78 is 6.39. The van der Waals surface area contributed by atoms with Gasteiger partial charge in [-0.3, -0.25) is 0 Å². The van der Waals surface area contributed by atoms with Gasteiger partial charge < -0.3 is 4.52 Å². The smallest absolute Gasteiger partial charge is 0.231 e. The van der Waals surface area contributed by atoms with E-state index in [1.54, 1.807) is 11.8 Å². The average molecular weight is 364 g/mol. The van der Waals surface area contributed by atoms with Gasteiger partial charge >= 0.3 is 0 Å². The van der Waals surface area contributed by atoms with Crippen molar-refractivity contribution in [1.82, 2.24) is 10.1 Å². The van der Waals surface area contributed by atoms with Gasteiger partial charge in [0.05, 0.1) is 23.7 Å². The molecule has 0 bridgehead atoms. The van der Waals surface area contributed by atoms with Crippen molar-refractivity contribution in [3.8, 4) is 6.07 Å². The molecule has 2 atom stereocenters. The highest BCUT2D eigenvalue weighted by atomic mass is 79.9. The summed E-state index contributed by atoms with van der Waals surface area (Å²) in [6.45, 7) is 4.12. The zero-order valence-electron chi connectivity index (χ0n) is 11.7. The molecule has 0 radical (unpaired) electrons. The summed E-state index contributed by atoms with van der Waals surface area (Å²) in [4.78, 5) is 5.60. The Bertz CT molecular complexity index is 690. The summed E-state index contributed by atoms with van der Waals surface area (Å²) in [5.41, 5.74) is -0.0581. The van der Waals surface area contributed by atoms with E-state index in [-0.39, 0.29) is 17.3 Å². The zero-order valence-corrected chi connectivity index (χ0v) is 14.1. The van der Waals surface area contributed by atoms with E-state index in [1.807, 2.05) is 24.3 Å². The van der Waals surface area contributed by atoms with Crippen LogP contribution in [0.4, 0.5) is 0 Å². The Morgan fingerprint density at radius 3 is 2.71 bits per heavy atom. The summed E-state index contributed by atoms with van der Waals surface area (Å²) in [6, 6.07) is 10.4. The maximum absolute atomic E-state index is 9.11. The molecule has 2 unspecified atom stereocenters. The molecule has 1 heterocycles. The number of nitriles is 1. The molecule has 1 aliphatic carbocycles. The van der Waals surface area contributed by atoms with Crippen LogP contribution >= 0.6 is 27.7 Å². The van der Waals surface area contributed by atoms with Crippen LogP contribution in [0.25, 0.3) is 0 Å². The van der Waals surface area contributed by atoms with Crippen molar-refractivity contribution in [2.24, 2.45) is 11.3 Å². The van der Waals surface area contributed by atoms with Gasteiger partial charge in [-0.25, -0.2) is 0 Å². The maximum Gasteiger partial charge on any atom is 0.231 e. The minimum atomic E-state index is -0.0581. The van der Waals surface area contributed by atoms with Crippen LogP contribution in [-0.4, -0.2) is 10.1 Å². The average Bonchev–Trinajstić information content (AvgIpc) is 2.82. The van der Waals surface area contributed by atoms with Crippen molar-refractivity contribution < 1.29 is 4.52 Å². The number of hydrogen-bond acceptors (Lipinski definition) is 5. The molecular formula is C15H14BrN3OS. The fraction of sp³-hybridized carbons (Fsp3) is 0.400. The molecule has 2 aromatic rings. The standard InChI is InChI=1S/C15H14BrN3OS/c1-15(2)11(7-17)13(15)14-18-12(19-20-14)8-21-10-5-3-9(16)4-6-10/h3-6,11,13H,8H2,1-2H3. The third kappa shape index (κ3) is 2.85. The molecular weight excluding hydrogens is 350 g/mol. The van der Waals surface area contributed by atoms with Gasteiger partial charge in [0.25, 0.3) is 0 Å². The SMILES string of the molecule is CC1(C)C(C#N)C1c1nc(CSc2ccc(Br)cc2)no1. The van der Waals surface area contributed by atoms with E-state index in [9.17, 15) is 0 Å². The van der Waals surface area contributed by atoms with Crippen LogP contribution in [0.5, 0.6) is 0 Å². The summed E-state index contributed by atoms with van der Waals surface area (Å²) >= 11 is 5.08. The van der Waals surface area contributed by atoms with E-state index in [2.05, 4.69) is 46.0 Å². The van der Waals surface area contributed by atoms with Gasteiger partial charge in [0, 0.05) is 9.37 Å². The lowest BCUT2D eigenvalue weighted by molar-refractivity contribution is 0.364. The van der Waals surface area contributed by atoms with Crippen LogP contribution in [0.2, 0.25) is 0 Å². The molecule has 1 aliphatic rings. The van der Waals surface area contributed by atoms with E-state index >= 15 is 0 Å². The minimum Gasteiger partial charge on any atom is -0.339 e. The molecule has 4 nitrogen and oxygen atoms in total. The van der Waals surface area contributed by atoms with Crippen molar-refractivity contribution in [3.63, 3.8) is 0 Å². The first-order valence-corrected chi connectivity index (χ1v) is 8.40. The molecule has 108 valence electrons. The Morgan fingerprint density at radius 2 is 2.10 bits per heavy atom. The molecule has 0 amide bonds. The highest BCUT2D eigenvalue weighted by Crippen LogP contribution is 2.63. The second kappa shape index (κ2) is 5.47. The Morgan fingerprint density at radius 1 is 1.38 bits per heavy atom. The number of thioether (sulfide) groups is 1. The first kappa shape index (κ1) is 14.6. The predicted molar refractivity (Wildman–Crippen MR) is 83.6 cm³/mol. The number of benzene rings is 1. The topological polar surface area (TPSA) is 62.7 Å². The highest BCUT2D eigenvalue weighted by Gasteiger charge is 2.62. The number of nitrogens with zero attached hydrogens (tertiary/aromatic N) is 3. The third-order valence-electron chi connectivity index (χ3n) is 3.90. The molecule has 0 N–H and O–H groups in total. The van der Waals surface area contributed by atoms with Crippen LogP contribution in [-0.2, 0) is 5.75 Å². The molecule has 0 spiro atoms. The molecule has 21 heavy (non-hydrogen) atoms. The number of aromatic nitrogens is 2. The lowest BCUT2D eigenvalue weighted by atomic mass is 10.1. The Kier molecular flexibility index (Phi) is 3.80. The first-order chi connectivity index (χ1) is 10.0. The number of rotatable bonds is 4. The Balaban J connectivity index is 1.64. The van der Waals surface area contributed by atoms with E-state index in [4.69, 9.17) is 9.78 Å². The van der Waals surface area contributed by atoms with Crippen molar-refractivity contribution >= 4 is 27.7 Å². The molecule has 3 rings (SSSR count). The van der Waals surface area contributed by atoms with Crippen LogP contribution < -0.4 is 0 Å². The van der Waals surface area contributed by atoms with Crippen LogP contribution in [0.3, 0.4) is 0 Å². The van der Waals surface area contributed by atoms with Crippen LogP contribution in [0.15, 0.2) is 38.2 Å². The summed E-state index contributed by atoms with van der Waals surface area (Å²) in [5.74, 6) is 1.98. The monoisotopic (exact) mass is 363 g/mol. The zero-order chi connectivity index (χ0) is 15.0. The van der Waals surface area contributed by atoms with Crippen molar-refractivity contribution in [2.75, 3.05) is 0 Å². The number of halogens is 1. The molecule has 1 saturated carbocycles. The first-order valence-electron chi connectivity index (χ1n) is 6.63. The fourth-order valence-electron chi connectivity index (χ4n) is 2.47. The quantitative estimate of drug-likeness (QED) is 0.753. The molecule has 1 aromatic heterocycles. The Labute approximate surface area is 136 Å². The molecule has 0 aliphatic heterocycles. The fourth-order valence-corrected chi connectivity index (χ4v) is 3.48. The molecule has 1 aromatic carbocycles. The third-order valence-corrected chi connectivity index (χ3v) is 5.43. The predicted octanol–water partition coefficient (Wildman–Crippen LogP) is 4.39. The van der Waals surface area contributed by atoms with E-state index in [0.29, 0.717) is 17.5 Å². The maximum atomic E-state index is 9.11. The normalized spacial score (nSPS) is 22.8. The largest absolute Gasteiger partial charge is 0.339 e. The molecule has 6 heteroatoms. The van der Waals surface area contributed by atoms with Crippen LogP contribution in [0, 0.1) is 22.7 Å². The highest BCUT2D eigenvalue weighted by molar-refractivity contribution is 9.10. The van der Waals surface area contributed by atoms with Crippen molar-refractivity contribution in [1.29, 1.82) is 5.26 Å². The summed E-state index contributed by atoms with van der Waals surface area (Å²) in [6.07, 6.45) is 0. The van der Waals surface area contributed by atoms with Gasteiger partial charge in [-0.1, -0.05) is 34.9 Å². The van der Waals surface area contributed by atoms with Crippen LogP contribution in [0.1, 0.15) is 31.5 Å². The Hall–Kier alpha value is -1.32. The lowest BCUT2D eigenvalue weighted by Gasteiger charge is -1.98. The van der Waals surface area contributed by atoms with Gasteiger partial charge in [0.15, 0.2) is 5.82 Å². The van der Waals surface area contributed by atoms with Crippen molar-refractivity contribution in [3.05, 3.63) is 40.5 Å².